The van der Waals surface area contributed by atoms with E-state index in [1.54, 1.807) is 38.3 Å². The van der Waals surface area contributed by atoms with Crippen LogP contribution in [0.3, 0.4) is 0 Å². The summed E-state index contributed by atoms with van der Waals surface area (Å²) >= 11 is 0. The summed E-state index contributed by atoms with van der Waals surface area (Å²) < 4.78 is 9.73. The molecule has 1 unspecified atom stereocenters. The van der Waals surface area contributed by atoms with Crippen molar-refractivity contribution in [3.63, 3.8) is 0 Å². The van der Waals surface area contributed by atoms with Gasteiger partial charge >= 0.3 is 5.97 Å². The number of ether oxygens (including phenoxy) is 2. The van der Waals surface area contributed by atoms with Crippen molar-refractivity contribution in [1.29, 1.82) is 0 Å². The van der Waals surface area contributed by atoms with E-state index in [1.165, 1.54) is 0 Å². The highest BCUT2D eigenvalue weighted by molar-refractivity contribution is 5.98. The summed E-state index contributed by atoms with van der Waals surface area (Å²) in [5.74, 6) is -0.0844. The van der Waals surface area contributed by atoms with E-state index in [2.05, 4.69) is 0 Å². The predicted octanol–water partition coefficient (Wildman–Crippen LogP) is 1.16. The van der Waals surface area contributed by atoms with Gasteiger partial charge in [-0.15, -0.1) is 0 Å². The molecule has 18 heavy (non-hydrogen) atoms. The standard InChI is InChI=1S/C13H17NO4/c1-3-18-13(16)11(14)8-12(15)9-4-6-10(17-2)7-5-9/h4-7,11H,3,8,14H2,1-2H3. The molecule has 1 rings (SSSR count). The Balaban J connectivity index is 2.61. The van der Waals surface area contributed by atoms with E-state index in [-0.39, 0.29) is 18.8 Å². The molecule has 0 saturated heterocycles. The molecule has 0 fully saturated rings. The van der Waals surface area contributed by atoms with E-state index >= 15 is 0 Å². The Kier molecular flexibility index (Phi) is 5.32. The summed E-state index contributed by atoms with van der Waals surface area (Å²) in [5.41, 5.74) is 6.07. The van der Waals surface area contributed by atoms with Gasteiger partial charge in [-0.3, -0.25) is 9.59 Å². The van der Waals surface area contributed by atoms with Crippen LogP contribution in [0.15, 0.2) is 24.3 Å². The number of ketones is 1. The minimum absolute atomic E-state index is 0.0643. The lowest BCUT2D eigenvalue weighted by Crippen LogP contribution is -2.34. The van der Waals surface area contributed by atoms with Gasteiger partial charge in [-0.2, -0.15) is 0 Å². The van der Waals surface area contributed by atoms with Gasteiger partial charge in [-0.25, -0.2) is 0 Å². The van der Waals surface area contributed by atoms with Crippen molar-refractivity contribution < 1.29 is 19.1 Å². The first-order valence-electron chi connectivity index (χ1n) is 5.68. The van der Waals surface area contributed by atoms with Crippen LogP contribution >= 0.6 is 0 Å². The topological polar surface area (TPSA) is 78.6 Å². The largest absolute Gasteiger partial charge is 0.497 e. The molecular formula is C13H17NO4. The van der Waals surface area contributed by atoms with E-state index in [9.17, 15) is 9.59 Å². The van der Waals surface area contributed by atoms with Crippen LogP contribution in [0.5, 0.6) is 5.75 Å². The molecule has 5 nitrogen and oxygen atoms in total. The van der Waals surface area contributed by atoms with Gasteiger partial charge in [0.25, 0.3) is 0 Å². The van der Waals surface area contributed by atoms with Crippen LogP contribution in [0.1, 0.15) is 23.7 Å². The summed E-state index contributed by atoms with van der Waals surface area (Å²) in [6.45, 7) is 1.94. The monoisotopic (exact) mass is 251 g/mol. The Morgan fingerprint density at radius 1 is 1.28 bits per heavy atom. The maximum absolute atomic E-state index is 11.8. The van der Waals surface area contributed by atoms with Gasteiger partial charge in [0.2, 0.25) is 0 Å². The quantitative estimate of drug-likeness (QED) is 0.606. The van der Waals surface area contributed by atoms with Crippen molar-refractivity contribution in [1.82, 2.24) is 0 Å². The maximum Gasteiger partial charge on any atom is 0.323 e. The lowest BCUT2D eigenvalue weighted by molar-refractivity contribution is -0.144. The second kappa shape index (κ2) is 6.76. The third-order valence-electron chi connectivity index (χ3n) is 2.41. The Labute approximate surface area is 106 Å². The highest BCUT2D eigenvalue weighted by Crippen LogP contribution is 2.13. The fourth-order valence-electron chi connectivity index (χ4n) is 1.43. The number of esters is 1. The number of benzene rings is 1. The van der Waals surface area contributed by atoms with Crippen LogP contribution in [0.2, 0.25) is 0 Å². The highest BCUT2D eigenvalue weighted by Gasteiger charge is 2.19. The number of hydrogen-bond donors (Lipinski definition) is 1. The van der Waals surface area contributed by atoms with Crippen molar-refractivity contribution in [2.24, 2.45) is 5.73 Å². The van der Waals surface area contributed by atoms with Crippen molar-refractivity contribution in [2.75, 3.05) is 13.7 Å². The molecule has 0 amide bonds. The molecule has 1 aromatic rings. The summed E-state index contributed by atoms with van der Waals surface area (Å²) in [7, 11) is 1.55. The minimum atomic E-state index is -0.917. The molecule has 0 radical (unpaired) electrons. The van der Waals surface area contributed by atoms with E-state index < -0.39 is 12.0 Å². The van der Waals surface area contributed by atoms with Gasteiger partial charge < -0.3 is 15.2 Å². The third kappa shape index (κ3) is 3.85. The Bertz CT molecular complexity index is 414. The number of Topliss-reactive ketones (excluding diaryl/α,β-unsaturated/α-hetero) is 1. The molecule has 0 aliphatic rings. The molecule has 2 N–H and O–H groups in total. The van der Waals surface area contributed by atoms with Gasteiger partial charge in [-0.1, -0.05) is 0 Å². The summed E-state index contributed by atoms with van der Waals surface area (Å²) in [6.07, 6.45) is -0.0643. The van der Waals surface area contributed by atoms with Crippen molar-refractivity contribution in [2.45, 2.75) is 19.4 Å². The molecule has 0 aliphatic carbocycles. The Hall–Kier alpha value is -1.88. The van der Waals surface area contributed by atoms with Crippen molar-refractivity contribution >= 4 is 11.8 Å². The van der Waals surface area contributed by atoms with Crippen molar-refractivity contribution in [3.05, 3.63) is 29.8 Å². The van der Waals surface area contributed by atoms with Gasteiger partial charge in [0, 0.05) is 12.0 Å². The lowest BCUT2D eigenvalue weighted by atomic mass is 10.0. The number of carbonyl (C=O) groups excluding carboxylic acids is 2. The molecule has 5 heteroatoms. The first-order chi connectivity index (χ1) is 8.58. The molecule has 98 valence electrons. The first kappa shape index (κ1) is 14.2. The number of carbonyl (C=O) groups is 2. The fourth-order valence-corrected chi connectivity index (χ4v) is 1.43. The van der Waals surface area contributed by atoms with Crippen LogP contribution in [0.4, 0.5) is 0 Å². The zero-order chi connectivity index (χ0) is 13.5. The van der Waals surface area contributed by atoms with E-state index in [0.29, 0.717) is 11.3 Å². The minimum Gasteiger partial charge on any atom is -0.497 e. The molecule has 0 aliphatic heterocycles. The zero-order valence-corrected chi connectivity index (χ0v) is 10.5. The molecule has 0 heterocycles. The molecular weight excluding hydrogens is 234 g/mol. The SMILES string of the molecule is CCOC(=O)C(N)CC(=O)c1ccc(OC)cc1. The summed E-state index contributed by atoms with van der Waals surface area (Å²) in [4.78, 5) is 23.1. The second-order valence-electron chi connectivity index (χ2n) is 3.71. The van der Waals surface area contributed by atoms with Gasteiger partial charge in [0.1, 0.15) is 11.8 Å². The molecule has 0 saturated carbocycles. The Morgan fingerprint density at radius 2 is 1.89 bits per heavy atom. The Morgan fingerprint density at radius 3 is 2.39 bits per heavy atom. The van der Waals surface area contributed by atoms with E-state index in [1.807, 2.05) is 0 Å². The van der Waals surface area contributed by atoms with Crippen molar-refractivity contribution in [3.8, 4) is 5.75 Å². The number of nitrogens with two attached hydrogens (primary N) is 1. The first-order valence-corrected chi connectivity index (χ1v) is 5.68. The highest BCUT2D eigenvalue weighted by atomic mass is 16.5. The zero-order valence-electron chi connectivity index (χ0n) is 10.5. The van der Waals surface area contributed by atoms with Gasteiger partial charge in [-0.05, 0) is 31.2 Å². The van der Waals surface area contributed by atoms with Crippen LogP contribution in [-0.2, 0) is 9.53 Å². The van der Waals surface area contributed by atoms with Crippen LogP contribution < -0.4 is 10.5 Å². The fraction of sp³-hybridized carbons (Fsp3) is 0.385. The van der Waals surface area contributed by atoms with Gasteiger partial charge in [0.05, 0.1) is 13.7 Å². The maximum atomic E-state index is 11.8. The molecule has 1 aromatic carbocycles. The average Bonchev–Trinajstić information content (AvgIpc) is 2.39. The summed E-state index contributed by atoms with van der Waals surface area (Å²) in [5, 5.41) is 0. The molecule has 0 spiro atoms. The van der Waals surface area contributed by atoms with Crippen LogP contribution in [0, 0.1) is 0 Å². The number of hydrogen-bond acceptors (Lipinski definition) is 5. The number of rotatable bonds is 6. The predicted molar refractivity (Wildman–Crippen MR) is 66.5 cm³/mol. The third-order valence-corrected chi connectivity index (χ3v) is 2.41. The smallest absolute Gasteiger partial charge is 0.323 e. The van der Waals surface area contributed by atoms with Crippen LogP contribution in [0.25, 0.3) is 0 Å². The van der Waals surface area contributed by atoms with Crippen LogP contribution in [-0.4, -0.2) is 31.5 Å². The normalized spacial score (nSPS) is 11.7. The average molecular weight is 251 g/mol. The molecule has 0 aromatic heterocycles. The van der Waals surface area contributed by atoms with E-state index in [0.717, 1.165) is 0 Å². The molecule has 0 bridgehead atoms. The second-order valence-corrected chi connectivity index (χ2v) is 3.71. The van der Waals surface area contributed by atoms with E-state index in [4.69, 9.17) is 15.2 Å². The van der Waals surface area contributed by atoms with Gasteiger partial charge in [0.15, 0.2) is 5.78 Å². The lowest BCUT2D eigenvalue weighted by Gasteiger charge is -2.09. The summed E-state index contributed by atoms with van der Waals surface area (Å²) in [6, 6.07) is 5.73. The molecule has 1 atom stereocenters. The number of methoxy groups -OCH3 is 1.